The Morgan fingerprint density at radius 2 is 2.19 bits per heavy atom. The number of anilines is 1. The topological polar surface area (TPSA) is 33.2 Å². The second-order valence-corrected chi connectivity index (χ2v) is 5.30. The fraction of sp³-hybridized carbons (Fsp3) is 0.538. The molecule has 0 unspecified atom stereocenters. The number of rotatable bonds is 2. The molecule has 0 aliphatic carbocycles. The van der Waals surface area contributed by atoms with Gasteiger partial charge < -0.3 is 4.90 Å². The molecule has 1 fully saturated rings. The zero-order valence-electron chi connectivity index (χ0n) is 10.2. The van der Waals surface area contributed by atoms with E-state index in [0.717, 1.165) is 18.9 Å². The number of carbonyl (C=O) groups excluding carboxylic acids is 1. The van der Waals surface area contributed by atoms with Crippen LogP contribution in [0.4, 0.5) is 5.82 Å². The molecule has 2 rings (SSSR count). The average Bonchev–Trinajstić information content (AvgIpc) is 2.59. The van der Waals surface area contributed by atoms with E-state index in [2.05, 4.69) is 23.7 Å². The second kappa shape index (κ2) is 3.89. The van der Waals surface area contributed by atoms with Gasteiger partial charge in [0.15, 0.2) is 5.78 Å². The normalized spacial score (nSPS) is 18.8. The van der Waals surface area contributed by atoms with Gasteiger partial charge in [-0.15, -0.1) is 0 Å². The van der Waals surface area contributed by atoms with E-state index in [-0.39, 0.29) is 5.78 Å². The predicted molar refractivity (Wildman–Crippen MR) is 64.9 cm³/mol. The highest BCUT2D eigenvalue weighted by atomic mass is 16.1. The van der Waals surface area contributed by atoms with Gasteiger partial charge in [-0.2, -0.15) is 0 Å². The summed E-state index contributed by atoms with van der Waals surface area (Å²) in [4.78, 5) is 17.8. The summed E-state index contributed by atoms with van der Waals surface area (Å²) in [5.41, 5.74) is 1.06. The van der Waals surface area contributed by atoms with Crippen molar-refractivity contribution in [3.05, 3.63) is 23.9 Å². The number of Topliss-reactive ketones (excluding diaryl/α,β-unsaturated/α-hetero) is 1. The minimum Gasteiger partial charge on any atom is -0.356 e. The Balaban J connectivity index is 2.14. The van der Waals surface area contributed by atoms with Gasteiger partial charge in [0.05, 0.1) is 0 Å². The zero-order valence-corrected chi connectivity index (χ0v) is 10.2. The van der Waals surface area contributed by atoms with Crippen LogP contribution in [0.25, 0.3) is 0 Å². The molecule has 3 nitrogen and oxygen atoms in total. The number of hydrogen-bond donors (Lipinski definition) is 0. The molecule has 1 saturated heterocycles. The molecule has 0 N–H and O–H groups in total. The minimum absolute atomic E-state index is 0.0702. The molecular weight excluding hydrogens is 200 g/mol. The van der Waals surface area contributed by atoms with Gasteiger partial charge in [0, 0.05) is 24.8 Å². The number of carbonyl (C=O) groups is 1. The van der Waals surface area contributed by atoms with Gasteiger partial charge in [-0.1, -0.05) is 13.8 Å². The Morgan fingerprint density at radius 1 is 1.44 bits per heavy atom. The lowest BCUT2D eigenvalue weighted by Gasteiger charge is -2.20. The third-order valence-corrected chi connectivity index (χ3v) is 3.16. The highest BCUT2D eigenvalue weighted by Gasteiger charge is 2.29. The van der Waals surface area contributed by atoms with Gasteiger partial charge in [0.1, 0.15) is 5.82 Å². The molecule has 16 heavy (non-hydrogen) atoms. The number of nitrogens with zero attached hydrogens (tertiary/aromatic N) is 2. The van der Waals surface area contributed by atoms with E-state index in [1.54, 1.807) is 13.1 Å². The van der Waals surface area contributed by atoms with Crippen molar-refractivity contribution in [2.45, 2.75) is 27.2 Å². The Labute approximate surface area is 96.5 Å². The van der Waals surface area contributed by atoms with Crippen LogP contribution in [0, 0.1) is 5.41 Å². The van der Waals surface area contributed by atoms with Crippen molar-refractivity contribution in [2.75, 3.05) is 18.0 Å². The van der Waals surface area contributed by atoms with Crippen molar-refractivity contribution in [3.63, 3.8) is 0 Å². The number of ketones is 1. The molecule has 0 saturated carbocycles. The summed E-state index contributed by atoms with van der Waals surface area (Å²) in [7, 11) is 0. The average molecular weight is 218 g/mol. The van der Waals surface area contributed by atoms with Crippen molar-refractivity contribution in [1.29, 1.82) is 0 Å². The van der Waals surface area contributed by atoms with E-state index in [1.165, 1.54) is 6.42 Å². The molecule has 2 heterocycles. The van der Waals surface area contributed by atoms with Crippen molar-refractivity contribution in [3.8, 4) is 0 Å². The number of hydrogen-bond acceptors (Lipinski definition) is 3. The highest BCUT2D eigenvalue weighted by Crippen LogP contribution is 2.31. The maximum atomic E-state index is 11.1. The lowest BCUT2D eigenvalue weighted by atomic mass is 9.93. The van der Waals surface area contributed by atoms with E-state index >= 15 is 0 Å². The maximum absolute atomic E-state index is 11.1. The second-order valence-electron chi connectivity index (χ2n) is 5.30. The summed E-state index contributed by atoms with van der Waals surface area (Å²) in [6.07, 6.45) is 2.87. The van der Waals surface area contributed by atoms with Gasteiger partial charge >= 0.3 is 0 Å². The van der Waals surface area contributed by atoms with Gasteiger partial charge in [-0.05, 0) is 30.9 Å². The van der Waals surface area contributed by atoms with Crippen LogP contribution in [-0.4, -0.2) is 23.9 Å². The van der Waals surface area contributed by atoms with Crippen LogP contribution in [-0.2, 0) is 0 Å². The standard InChI is InChI=1S/C13H18N2O/c1-10(16)11-4-5-12(14-8-11)15-7-6-13(2,3)9-15/h4-5,8H,6-7,9H2,1-3H3. The minimum atomic E-state index is 0.0702. The summed E-state index contributed by atoms with van der Waals surface area (Å²) in [5, 5.41) is 0. The van der Waals surface area contributed by atoms with Gasteiger partial charge in [0.2, 0.25) is 0 Å². The van der Waals surface area contributed by atoms with Crippen LogP contribution in [0.2, 0.25) is 0 Å². The fourth-order valence-corrected chi connectivity index (χ4v) is 2.09. The molecule has 0 atom stereocenters. The number of aromatic nitrogens is 1. The fourth-order valence-electron chi connectivity index (χ4n) is 2.09. The third kappa shape index (κ3) is 2.23. The van der Waals surface area contributed by atoms with E-state index in [1.807, 2.05) is 12.1 Å². The number of pyridine rings is 1. The summed E-state index contributed by atoms with van der Waals surface area (Å²) in [6.45, 7) is 8.21. The molecule has 0 aromatic carbocycles. The van der Waals surface area contributed by atoms with Gasteiger partial charge in [-0.3, -0.25) is 4.79 Å². The van der Waals surface area contributed by atoms with Crippen LogP contribution in [0.3, 0.4) is 0 Å². The molecule has 0 spiro atoms. The van der Waals surface area contributed by atoms with E-state index in [0.29, 0.717) is 11.0 Å². The van der Waals surface area contributed by atoms with Crippen molar-refractivity contribution >= 4 is 11.6 Å². The molecule has 1 aliphatic heterocycles. The summed E-state index contributed by atoms with van der Waals surface area (Å²) < 4.78 is 0. The molecule has 1 aliphatic rings. The first-order chi connectivity index (χ1) is 7.48. The maximum Gasteiger partial charge on any atom is 0.161 e. The molecule has 1 aromatic heterocycles. The van der Waals surface area contributed by atoms with E-state index < -0.39 is 0 Å². The SMILES string of the molecule is CC(=O)c1ccc(N2CCC(C)(C)C2)nc1. The first-order valence-electron chi connectivity index (χ1n) is 5.70. The van der Waals surface area contributed by atoms with Crippen molar-refractivity contribution < 1.29 is 4.79 Å². The van der Waals surface area contributed by atoms with Gasteiger partial charge in [0.25, 0.3) is 0 Å². The molecule has 3 heteroatoms. The van der Waals surface area contributed by atoms with Crippen molar-refractivity contribution in [2.24, 2.45) is 5.41 Å². The summed E-state index contributed by atoms with van der Waals surface area (Å²) >= 11 is 0. The Bertz CT molecular complexity index is 395. The molecule has 1 aromatic rings. The van der Waals surface area contributed by atoms with Crippen molar-refractivity contribution in [1.82, 2.24) is 4.98 Å². The highest BCUT2D eigenvalue weighted by molar-refractivity contribution is 5.93. The Morgan fingerprint density at radius 3 is 2.62 bits per heavy atom. The van der Waals surface area contributed by atoms with Crippen LogP contribution in [0.15, 0.2) is 18.3 Å². The lowest BCUT2D eigenvalue weighted by Crippen LogP contribution is -2.23. The zero-order chi connectivity index (χ0) is 11.8. The smallest absolute Gasteiger partial charge is 0.161 e. The van der Waals surface area contributed by atoms with Crippen LogP contribution >= 0.6 is 0 Å². The molecule has 86 valence electrons. The van der Waals surface area contributed by atoms with Crippen LogP contribution < -0.4 is 4.90 Å². The molecule has 0 radical (unpaired) electrons. The van der Waals surface area contributed by atoms with Gasteiger partial charge in [-0.25, -0.2) is 4.98 Å². The summed E-state index contributed by atoms with van der Waals surface area (Å²) in [6, 6.07) is 3.80. The lowest BCUT2D eigenvalue weighted by molar-refractivity contribution is 0.101. The molecular formula is C13H18N2O. The quantitative estimate of drug-likeness (QED) is 0.715. The van der Waals surface area contributed by atoms with E-state index in [4.69, 9.17) is 0 Å². The first-order valence-corrected chi connectivity index (χ1v) is 5.70. The monoisotopic (exact) mass is 218 g/mol. The third-order valence-electron chi connectivity index (χ3n) is 3.16. The van der Waals surface area contributed by atoms with E-state index in [9.17, 15) is 4.79 Å². The first kappa shape index (κ1) is 11.1. The van der Waals surface area contributed by atoms with Crippen LogP contribution in [0.1, 0.15) is 37.6 Å². The summed E-state index contributed by atoms with van der Waals surface area (Å²) in [5.74, 6) is 1.05. The molecule has 0 bridgehead atoms. The Hall–Kier alpha value is -1.38. The Kier molecular flexibility index (Phi) is 2.70. The molecule has 0 amide bonds. The van der Waals surface area contributed by atoms with Crippen LogP contribution in [0.5, 0.6) is 0 Å². The predicted octanol–water partition coefficient (Wildman–Crippen LogP) is 2.52. The largest absolute Gasteiger partial charge is 0.356 e.